The lowest BCUT2D eigenvalue weighted by Gasteiger charge is -2.33. The van der Waals surface area contributed by atoms with Crippen LogP contribution in [0.25, 0.3) is 0 Å². The number of nitrogens with one attached hydrogen (secondary N) is 1. The molecule has 1 aliphatic rings. The van der Waals surface area contributed by atoms with Crippen molar-refractivity contribution in [3.8, 4) is 11.5 Å². The monoisotopic (exact) mass is 526 g/mol. The van der Waals surface area contributed by atoms with Crippen LogP contribution in [0.1, 0.15) is 11.1 Å². The van der Waals surface area contributed by atoms with Crippen molar-refractivity contribution in [2.24, 2.45) is 10.7 Å². The van der Waals surface area contributed by atoms with Crippen molar-refractivity contribution in [1.82, 2.24) is 15.2 Å². The van der Waals surface area contributed by atoms with Crippen molar-refractivity contribution >= 4 is 35.8 Å². The van der Waals surface area contributed by atoms with E-state index < -0.39 is 0 Å². The molecule has 1 aromatic heterocycles. The van der Waals surface area contributed by atoms with E-state index in [1.807, 2.05) is 30.5 Å². The quantitative estimate of drug-likeness (QED) is 0.325. The van der Waals surface area contributed by atoms with E-state index >= 15 is 0 Å². The third kappa shape index (κ3) is 6.63. The van der Waals surface area contributed by atoms with Crippen molar-refractivity contribution < 1.29 is 9.47 Å². The molecule has 30 heavy (non-hydrogen) atoms. The predicted octanol–water partition coefficient (Wildman–Crippen LogP) is 2.07. The molecule has 0 saturated carbocycles. The highest BCUT2D eigenvalue weighted by Crippen LogP contribution is 2.27. The fourth-order valence-electron chi connectivity index (χ4n) is 3.18. The van der Waals surface area contributed by atoms with Crippen LogP contribution in [0.3, 0.4) is 0 Å². The van der Waals surface area contributed by atoms with E-state index in [0.717, 1.165) is 43.1 Å². The fourth-order valence-corrected chi connectivity index (χ4v) is 3.18. The Balaban J connectivity index is 0.00000320. The summed E-state index contributed by atoms with van der Waals surface area (Å²) in [5.41, 5.74) is 8.16. The lowest BCUT2D eigenvalue weighted by atomic mass is 10.2. The number of anilines is 1. The fraction of sp³-hybridized carbons (Fsp3) is 0.429. The molecule has 1 saturated heterocycles. The highest BCUT2D eigenvalue weighted by Gasteiger charge is 2.15. The molecule has 0 atom stereocenters. The molecule has 3 N–H and O–H groups in total. The summed E-state index contributed by atoms with van der Waals surface area (Å²) >= 11 is 0. The van der Waals surface area contributed by atoms with Gasteiger partial charge < -0.3 is 30.3 Å². The summed E-state index contributed by atoms with van der Waals surface area (Å²) in [6.07, 6.45) is 1.85. The van der Waals surface area contributed by atoms with E-state index in [1.165, 1.54) is 0 Å². The van der Waals surface area contributed by atoms with E-state index in [0.29, 0.717) is 30.5 Å². The van der Waals surface area contributed by atoms with Gasteiger partial charge in [-0.05, 0) is 42.4 Å². The molecule has 1 aromatic carbocycles. The van der Waals surface area contributed by atoms with Gasteiger partial charge in [0.15, 0.2) is 17.5 Å². The van der Waals surface area contributed by atoms with E-state index in [-0.39, 0.29) is 24.0 Å². The second kappa shape index (κ2) is 11.8. The van der Waals surface area contributed by atoms with E-state index in [9.17, 15) is 0 Å². The molecule has 2 heterocycles. The van der Waals surface area contributed by atoms with Crippen molar-refractivity contribution in [3.63, 3.8) is 0 Å². The highest BCUT2D eigenvalue weighted by atomic mass is 127. The minimum Gasteiger partial charge on any atom is -0.493 e. The lowest BCUT2D eigenvalue weighted by Crippen LogP contribution is -2.44. The zero-order valence-corrected chi connectivity index (χ0v) is 20.1. The number of aliphatic imine (C=N–C) groups is 1. The number of ether oxygens (including phenoxy) is 2. The van der Waals surface area contributed by atoms with Gasteiger partial charge >= 0.3 is 0 Å². The van der Waals surface area contributed by atoms with E-state index in [1.54, 1.807) is 14.2 Å². The number of piperazine rings is 1. The Morgan fingerprint density at radius 3 is 2.50 bits per heavy atom. The van der Waals surface area contributed by atoms with E-state index in [2.05, 4.69) is 38.2 Å². The molecule has 0 radical (unpaired) electrons. The van der Waals surface area contributed by atoms with Crippen LogP contribution in [0.15, 0.2) is 41.5 Å². The van der Waals surface area contributed by atoms with Crippen LogP contribution in [-0.2, 0) is 13.1 Å². The summed E-state index contributed by atoms with van der Waals surface area (Å²) in [7, 11) is 5.38. The van der Waals surface area contributed by atoms with Crippen LogP contribution < -0.4 is 25.4 Å². The van der Waals surface area contributed by atoms with Gasteiger partial charge in [-0.1, -0.05) is 6.07 Å². The topological polar surface area (TPSA) is 88.2 Å². The van der Waals surface area contributed by atoms with E-state index in [4.69, 9.17) is 15.2 Å². The number of pyridine rings is 1. The molecule has 9 heteroatoms. The summed E-state index contributed by atoms with van der Waals surface area (Å²) in [6.45, 7) is 5.16. The van der Waals surface area contributed by atoms with Crippen molar-refractivity contribution in [2.45, 2.75) is 13.1 Å². The first-order chi connectivity index (χ1) is 14.1. The molecule has 0 amide bonds. The third-order valence-corrected chi connectivity index (χ3v) is 4.99. The van der Waals surface area contributed by atoms with Crippen LogP contribution in [0, 0.1) is 0 Å². The number of hydrogen-bond donors (Lipinski definition) is 2. The zero-order valence-electron chi connectivity index (χ0n) is 17.8. The highest BCUT2D eigenvalue weighted by molar-refractivity contribution is 14.0. The van der Waals surface area contributed by atoms with Gasteiger partial charge in [0.2, 0.25) is 0 Å². The number of benzene rings is 1. The molecular formula is C21H31IN6O2. The largest absolute Gasteiger partial charge is 0.493 e. The first kappa shape index (κ1) is 24.0. The van der Waals surface area contributed by atoms with Crippen molar-refractivity contribution in [3.05, 3.63) is 47.7 Å². The molecule has 8 nitrogen and oxygen atoms in total. The second-order valence-electron chi connectivity index (χ2n) is 7.06. The maximum Gasteiger partial charge on any atom is 0.189 e. The number of rotatable bonds is 7. The maximum absolute atomic E-state index is 6.04. The van der Waals surface area contributed by atoms with Gasteiger partial charge in [-0.15, -0.1) is 24.0 Å². The zero-order chi connectivity index (χ0) is 20.6. The summed E-state index contributed by atoms with van der Waals surface area (Å²) < 4.78 is 10.6. The van der Waals surface area contributed by atoms with Crippen LogP contribution >= 0.6 is 24.0 Å². The average Bonchev–Trinajstić information content (AvgIpc) is 2.76. The normalized spacial score (nSPS) is 14.8. The van der Waals surface area contributed by atoms with Gasteiger partial charge in [0, 0.05) is 38.9 Å². The molecule has 0 bridgehead atoms. The first-order valence-corrected chi connectivity index (χ1v) is 9.72. The number of aromatic nitrogens is 1. The smallest absolute Gasteiger partial charge is 0.189 e. The molecule has 3 rings (SSSR count). The Kier molecular flexibility index (Phi) is 9.44. The summed E-state index contributed by atoms with van der Waals surface area (Å²) in [5.74, 6) is 2.79. The number of methoxy groups -OCH3 is 2. The van der Waals surface area contributed by atoms with Gasteiger partial charge in [0.05, 0.1) is 20.8 Å². The van der Waals surface area contributed by atoms with Gasteiger partial charge in [-0.25, -0.2) is 9.98 Å². The van der Waals surface area contributed by atoms with Gasteiger partial charge in [0.1, 0.15) is 5.82 Å². The Bertz CT molecular complexity index is 840. The van der Waals surface area contributed by atoms with Gasteiger partial charge in [0.25, 0.3) is 0 Å². The second-order valence-corrected chi connectivity index (χ2v) is 7.06. The first-order valence-electron chi connectivity index (χ1n) is 9.72. The molecule has 0 unspecified atom stereocenters. The summed E-state index contributed by atoms with van der Waals surface area (Å²) in [6, 6.07) is 9.82. The van der Waals surface area contributed by atoms with Crippen LogP contribution in [-0.4, -0.2) is 63.3 Å². The Morgan fingerprint density at radius 2 is 1.80 bits per heavy atom. The average molecular weight is 526 g/mol. The third-order valence-electron chi connectivity index (χ3n) is 4.99. The number of guanidine groups is 1. The molecule has 1 fully saturated rings. The van der Waals surface area contributed by atoms with Crippen molar-refractivity contribution in [1.29, 1.82) is 0 Å². The number of nitrogens with zero attached hydrogens (tertiary/aromatic N) is 4. The Hall–Kier alpha value is -2.27. The minimum atomic E-state index is 0. The SMILES string of the molecule is COc1ccc(CN=C(N)NCc2ccnc(N3CCN(C)CC3)c2)cc1OC.I. The standard InChI is InChI=1S/C21H30N6O2.HI/c1-26-8-10-27(11-9-26)20-13-17(6-7-23-20)15-25-21(22)24-14-16-4-5-18(28-2)19(12-16)29-3;/h4-7,12-13H,8-11,14-15H2,1-3H3,(H3,22,24,25);1H. The molecule has 0 spiro atoms. The van der Waals surface area contributed by atoms with Crippen molar-refractivity contribution in [2.75, 3.05) is 52.3 Å². The predicted molar refractivity (Wildman–Crippen MR) is 131 cm³/mol. The lowest BCUT2D eigenvalue weighted by molar-refractivity contribution is 0.312. The minimum absolute atomic E-state index is 0. The Labute approximate surface area is 195 Å². The van der Waals surface area contributed by atoms with Crippen LogP contribution in [0.5, 0.6) is 11.5 Å². The van der Waals surface area contributed by atoms with Gasteiger partial charge in [-0.2, -0.15) is 0 Å². The number of nitrogens with two attached hydrogens (primary N) is 1. The molecule has 2 aromatic rings. The van der Waals surface area contributed by atoms with Crippen LogP contribution in [0.2, 0.25) is 0 Å². The van der Waals surface area contributed by atoms with Gasteiger partial charge in [-0.3, -0.25) is 0 Å². The molecule has 0 aliphatic carbocycles. The Morgan fingerprint density at radius 1 is 1.07 bits per heavy atom. The van der Waals surface area contributed by atoms with Crippen LogP contribution in [0.4, 0.5) is 5.82 Å². The summed E-state index contributed by atoms with van der Waals surface area (Å²) in [4.78, 5) is 13.6. The molecule has 164 valence electrons. The number of halogens is 1. The number of hydrogen-bond acceptors (Lipinski definition) is 6. The summed E-state index contributed by atoms with van der Waals surface area (Å²) in [5, 5.41) is 3.17. The molecular weight excluding hydrogens is 495 g/mol. The number of likely N-dealkylation sites (N-methyl/N-ethyl adjacent to an activating group) is 1. The maximum atomic E-state index is 6.04. The molecule has 1 aliphatic heterocycles.